The molecule has 2 aromatic rings. The molecule has 1 aliphatic rings. The molecule has 1 amide bonds. The first-order valence-corrected chi connectivity index (χ1v) is 9.21. The minimum absolute atomic E-state index is 0.175. The van der Waals surface area contributed by atoms with E-state index in [1.54, 1.807) is 41.3 Å². The van der Waals surface area contributed by atoms with Crippen molar-refractivity contribution in [1.82, 2.24) is 4.90 Å². The topological polar surface area (TPSA) is 63.7 Å². The zero-order valence-electron chi connectivity index (χ0n) is 15.4. The van der Waals surface area contributed by atoms with E-state index in [1.807, 2.05) is 19.1 Å². The van der Waals surface area contributed by atoms with Crippen LogP contribution in [0.4, 0.5) is 0 Å². The summed E-state index contributed by atoms with van der Waals surface area (Å²) < 4.78 is 5.21. The van der Waals surface area contributed by atoms with Crippen molar-refractivity contribution in [3.05, 3.63) is 70.8 Å². The van der Waals surface area contributed by atoms with Gasteiger partial charge in [0.15, 0.2) is 12.4 Å². The molecule has 0 atom stereocenters. The van der Waals surface area contributed by atoms with Crippen molar-refractivity contribution in [2.45, 2.75) is 26.2 Å². The Hall–Kier alpha value is -2.95. The van der Waals surface area contributed by atoms with Gasteiger partial charge in [-0.15, -0.1) is 0 Å². The molecule has 5 nitrogen and oxygen atoms in total. The van der Waals surface area contributed by atoms with Crippen molar-refractivity contribution < 1.29 is 19.1 Å². The second kappa shape index (κ2) is 8.62. The molecule has 1 saturated heterocycles. The van der Waals surface area contributed by atoms with E-state index in [0.29, 0.717) is 18.7 Å². The number of esters is 1. The number of amides is 1. The van der Waals surface area contributed by atoms with Gasteiger partial charge in [0, 0.05) is 24.2 Å². The average Bonchev–Trinajstić information content (AvgIpc) is 2.72. The summed E-state index contributed by atoms with van der Waals surface area (Å²) in [5, 5.41) is 0. The van der Waals surface area contributed by atoms with Crippen LogP contribution in [-0.2, 0) is 9.53 Å². The van der Waals surface area contributed by atoms with E-state index in [1.165, 1.54) is 0 Å². The first-order valence-electron chi connectivity index (χ1n) is 9.21. The van der Waals surface area contributed by atoms with Crippen LogP contribution in [0.15, 0.2) is 48.5 Å². The summed E-state index contributed by atoms with van der Waals surface area (Å²) in [7, 11) is 0. The number of carbonyl (C=O) groups excluding carboxylic acids is 3. The van der Waals surface area contributed by atoms with E-state index in [4.69, 9.17) is 4.74 Å². The van der Waals surface area contributed by atoms with Crippen LogP contribution in [0, 0.1) is 6.92 Å². The van der Waals surface area contributed by atoms with Gasteiger partial charge in [0.2, 0.25) is 0 Å². The minimum atomic E-state index is -0.656. The first kappa shape index (κ1) is 18.8. The minimum Gasteiger partial charge on any atom is -0.452 e. The van der Waals surface area contributed by atoms with Gasteiger partial charge in [-0.2, -0.15) is 0 Å². The molecule has 1 heterocycles. The lowest BCUT2D eigenvalue weighted by atomic mass is 9.98. The molecular formula is C22H23NO4. The molecule has 3 rings (SSSR count). The maximum Gasteiger partial charge on any atom is 0.339 e. The lowest BCUT2D eigenvalue weighted by Gasteiger charge is -2.26. The predicted molar refractivity (Wildman–Crippen MR) is 102 cm³/mol. The Labute approximate surface area is 158 Å². The third-order valence-electron chi connectivity index (χ3n) is 4.74. The quantitative estimate of drug-likeness (QED) is 0.602. The molecule has 0 bridgehead atoms. The summed E-state index contributed by atoms with van der Waals surface area (Å²) in [6.45, 7) is 3.06. The van der Waals surface area contributed by atoms with Crippen LogP contribution in [0.3, 0.4) is 0 Å². The Bertz CT molecular complexity index is 836. The summed E-state index contributed by atoms with van der Waals surface area (Å²) in [6.07, 6.45) is 3.08. The van der Waals surface area contributed by atoms with Crippen LogP contribution in [0.1, 0.15) is 51.1 Å². The highest BCUT2D eigenvalue weighted by atomic mass is 16.5. The zero-order chi connectivity index (χ0) is 19.2. The SMILES string of the molecule is Cc1ccc(C(=O)c2ccccc2C(=O)OCC(=O)N2CCCCC2)cc1. The van der Waals surface area contributed by atoms with Crippen LogP contribution in [0.5, 0.6) is 0 Å². The number of likely N-dealkylation sites (tertiary alicyclic amines) is 1. The largest absolute Gasteiger partial charge is 0.452 e. The molecule has 0 aliphatic carbocycles. The number of aryl methyl sites for hydroxylation is 1. The Morgan fingerprint density at radius 1 is 0.889 bits per heavy atom. The molecule has 0 radical (unpaired) electrons. The molecule has 0 unspecified atom stereocenters. The molecule has 0 aromatic heterocycles. The second-order valence-electron chi connectivity index (χ2n) is 6.76. The summed E-state index contributed by atoms with van der Waals surface area (Å²) in [4.78, 5) is 39.2. The highest BCUT2D eigenvalue weighted by molar-refractivity contribution is 6.14. The van der Waals surface area contributed by atoms with Gasteiger partial charge in [-0.05, 0) is 32.3 Å². The average molecular weight is 365 g/mol. The lowest BCUT2D eigenvalue weighted by molar-refractivity contribution is -0.135. The number of benzene rings is 2. The van der Waals surface area contributed by atoms with Crippen LogP contribution >= 0.6 is 0 Å². The molecule has 27 heavy (non-hydrogen) atoms. The van der Waals surface area contributed by atoms with E-state index in [-0.39, 0.29) is 29.4 Å². The van der Waals surface area contributed by atoms with Crippen molar-refractivity contribution in [2.75, 3.05) is 19.7 Å². The Morgan fingerprint density at radius 3 is 2.19 bits per heavy atom. The fraction of sp³-hybridized carbons (Fsp3) is 0.318. The predicted octanol–water partition coefficient (Wildman–Crippen LogP) is 3.40. The summed E-state index contributed by atoms with van der Waals surface area (Å²) in [6, 6.07) is 13.7. The van der Waals surface area contributed by atoms with Gasteiger partial charge in [0.25, 0.3) is 5.91 Å². The molecular weight excluding hydrogens is 342 g/mol. The van der Waals surface area contributed by atoms with Crippen molar-refractivity contribution in [1.29, 1.82) is 0 Å². The van der Waals surface area contributed by atoms with Crippen molar-refractivity contribution >= 4 is 17.7 Å². The van der Waals surface area contributed by atoms with Gasteiger partial charge in [0.05, 0.1) is 5.56 Å². The van der Waals surface area contributed by atoms with Gasteiger partial charge >= 0.3 is 5.97 Å². The number of piperidine rings is 1. The second-order valence-corrected chi connectivity index (χ2v) is 6.76. The Morgan fingerprint density at radius 2 is 1.52 bits per heavy atom. The van der Waals surface area contributed by atoms with Gasteiger partial charge in [-0.25, -0.2) is 4.79 Å². The van der Waals surface area contributed by atoms with Gasteiger partial charge in [-0.3, -0.25) is 9.59 Å². The molecule has 0 spiro atoms. The van der Waals surface area contributed by atoms with Crippen molar-refractivity contribution in [2.24, 2.45) is 0 Å². The van der Waals surface area contributed by atoms with Crippen LogP contribution in [0.25, 0.3) is 0 Å². The number of carbonyl (C=O) groups is 3. The summed E-state index contributed by atoms with van der Waals surface area (Å²) in [5.41, 5.74) is 2.01. The monoisotopic (exact) mass is 365 g/mol. The Kier molecular flexibility index (Phi) is 6.01. The van der Waals surface area contributed by atoms with Crippen molar-refractivity contribution in [3.63, 3.8) is 0 Å². The third kappa shape index (κ3) is 4.61. The van der Waals surface area contributed by atoms with E-state index < -0.39 is 5.97 Å². The third-order valence-corrected chi connectivity index (χ3v) is 4.74. The molecule has 0 saturated carbocycles. The fourth-order valence-corrected chi connectivity index (χ4v) is 3.16. The fourth-order valence-electron chi connectivity index (χ4n) is 3.16. The summed E-state index contributed by atoms with van der Waals surface area (Å²) in [5.74, 6) is -1.09. The number of nitrogens with zero attached hydrogens (tertiary/aromatic N) is 1. The lowest BCUT2D eigenvalue weighted by Crippen LogP contribution is -2.38. The van der Waals surface area contributed by atoms with E-state index in [9.17, 15) is 14.4 Å². The number of hydrogen-bond acceptors (Lipinski definition) is 4. The Balaban J connectivity index is 1.71. The molecule has 140 valence electrons. The standard InChI is InChI=1S/C22H23NO4/c1-16-9-11-17(12-10-16)21(25)18-7-3-4-8-19(18)22(26)27-15-20(24)23-13-5-2-6-14-23/h3-4,7-12H,2,5-6,13-15H2,1H3. The summed E-state index contributed by atoms with van der Waals surface area (Å²) >= 11 is 0. The van der Waals surface area contributed by atoms with E-state index in [2.05, 4.69) is 0 Å². The highest BCUT2D eigenvalue weighted by Crippen LogP contribution is 2.17. The number of hydrogen-bond donors (Lipinski definition) is 0. The molecule has 5 heteroatoms. The van der Waals surface area contributed by atoms with Crippen LogP contribution < -0.4 is 0 Å². The van der Waals surface area contributed by atoms with Gasteiger partial charge in [-0.1, -0.05) is 48.0 Å². The molecule has 0 N–H and O–H groups in total. The maximum atomic E-state index is 12.8. The van der Waals surface area contributed by atoms with Crippen LogP contribution in [0.2, 0.25) is 0 Å². The highest BCUT2D eigenvalue weighted by Gasteiger charge is 2.22. The zero-order valence-corrected chi connectivity index (χ0v) is 15.4. The number of ether oxygens (including phenoxy) is 1. The first-order chi connectivity index (χ1) is 13.1. The maximum absolute atomic E-state index is 12.8. The molecule has 1 fully saturated rings. The van der Waals surface area contributed by atoms with E-state index >= 15 is 0 Å². The molecule has 1 aliphatic heterocycles. The number of ketones is 1. The smallest absolute Gasteiger partial charge is 0.339 e. The van der Waals surface area contributed by atoms with Gasteiger partial charge in [0.1, 0.15) is 0 Å². The normalized spacial score (nSPS) is 13.9. The van der Waals surface area contributed by atoms with Crippen molar-refractivity contribution in [3.8, 4) is 0 Å². The van der Waals surface area contributed by atoms with E-state index in [0.717, 1.165) is 24.8 Å². The van der Waals surface area contributed by atoms with Crippen LogP contribution in [-0.4, -0.2) is 42.3 Å². The van der Waals surface area contributed by atoms with Gasteiger partial charge < -0.3 is 9.64 Å². The number of rotatable bonds is 5. The molecule has 2 aromatic carbocycles.